The molecule has 1 atom stereocenters. The van der Waals surface area contributed by atoms with Gasteiger partial charge in [-0.3, -0.25) is 9.59 Å². The fourth-order valence-corrected chi connectivity index (χ4v) is 1.75. The number of carboxylic acid groups (broad SMARTS) is 1. The van der Waals surface area contributed by atoms with Crippen LogP contribution >= 0.6 is 11.6 Å². The van der Waals surface area contributed by atoms with Crippen LogP contribution in [0.3, 0.4) is 0 Å². The molecule has 1 aromatic heterocycles. The molecule has 1 N–H and O–H groups in total. The van der Waals surface area contributed by atoms with E-state index in [0.717, 1.165) is 0 Å². The van der Waals surface area contributed by atoms with Gasteiger partial charge >= 0.3 is 5.97 Å². The van der Waals surface area contributed by atoms with E-state index in [2.05, 4.69) is 10.1 Å². The topological polar surface area (TPSA) is 94.3 Å². The molecule has 0 saturated heterocycles. The second kappa shape index (κ2) is 6.15. The summed E-state index contributed by atoms with van der Waals surface area (Å²) in [4.78, 5) is 27.6. The Hall–Kier alpha value is -2.41. The highest BCUT2D eigenvalue weighted by atomic mass is 35.5. The van der Waals surface area contributed by atoms with Crippen LogP contribution in [-0.4, -0.2) is 31.6 Å². The Morgan fingerprint density at radius 1 is 1.32 bits per heavy atom. The number of Topliss-reactive ketones (excluding diaryl/α,β-unsaturated/α-hetero) is 1. The lowest BCUT2D eigenvalue weighted by Gasteiger charge is -2.25. The van der Waals surface area contributed by atoms with Gasteiger partial charge in [0.15, 0.2) is 0 Å². The number of aromatic nitrogens is 3. The van der Waals surface area contributed by atoms with Crippen LogP contribution < -0.4 is 4.74 Å². The van der Waals surface area contributed by atoms with Crippen LogP contribution in [0.1, 0.15) is 20.1 Å². The number of rotatable bonds is 6. The molecule has 1 unspecified atom stereocenters. The summed E-state index contributed by atoms with van der Waals surface area (Å²) in [5, 5.41) is 13.6. The highest BCUT2D eigenvalue weighted by molar-refractivity contribution is 6.30. The number of carboxylic acids is 1. The summed E-state index contributed by atoms with van der Waals surface area (Å²) < 4.78 is 6.77. The van der Waals surface area contributed by atoms with Crippen molar-refractivity contribution in [1.29, 1.82) is 0 Å². The van der Waals surface area contributed by atoms with E-state index in [4.69, 9.17) is 16.3 Å². The van der Waals surface area contributed by atoms with Gasteiger partial charge in [0.05, 0.1) is 0 Å². The van der Waals surface area contributed by atoms with Gasteiger partial charge in [0, 0.05) is 5.02 Å². The first-order chi connectivity index (χ1) is 10.3. The second-order valence-corrected chi connectivity index (χ2v) is 5.53. The summed E-state index contributed by atoms with van der Waals surface area (Å²) in [5.74, 6) is -1.54. The summed E-state index contributed by atoms with van der Waals surface area (Å²) in [6.45, 7) is 2.62. The van der Waals surface area contributed by atoms with E-state index in [1.807, 2.05) is 0 Å². The fourth-order valence-electron chi connectivity index (χ4n) is 1.62. The number of carbonyl (C=O) groups is 2. The van der Waals surface area contributed by atoms with Crippen molar-refractivity contribution in [3.05, 3.63) is 41.9 Å². The maximum atomic E-state index is 12.6. The lowest BCUT2D eigenvalue weighted by molar-refractivity contribution is -0.157. The summed E-state index contributed by atoms with van der Waals surface area (Å²) in [6.07, 6.45) is 1.28. The number of benzene rings is 1. The average Bonchev–Trinajstić information content (AvgIpc) is 2.99. The van der Waals surface area contributed by atoms with E-state index in [1.54, 1.807) is 24.3 Å². The molecule has 0 radical (unpaired) electrons. The lowest BCUT2D eigenvalue weighted by Crippen LogP contribution is -2.41. The standard InChI is InChI=1S/C14H14ClN3O4/c1-14(2,13(20)21)11(19)12(18-8-16-7-17-18)22-10-5-3-9(15)4-6-10/h3-8,12H,1-2H3,(H,20,21). The van der Waals surface area contributed by atoms with Crippen molar-refractivity contribution in [2.45, 2.75) is 20.1 Å². The molecule has 7 nitrogen and oxygen atoms in total. The van der Waals surface area contributed by atoms with E-state index >= 15 is 0 Å². The van der Waals surface area contributed by atoms with Crippen LogP contribution in [0.2, 0.25) is 5.02 Å². The van der Waals surface area contributed by atoms with Crippen LogP contribution in [0, 0.1) is 5.41 Å². The first-order valence-electron chi connectivity index (χ1n) is 6.36. The number of nitrogens with zero attached hydrogens (tertiary/aromatic N) is 3. The fraction of sp³-hybridized carbons (Fsp3) is 0.286. The maximum Gasteiger partial charge on any atom is 0.316 e. The molecule has 22 heavy (non-hydrogen) atoms. The quantitative estimate of drug-likeness (QED) is 0.819. The molecule has 116 valence electrons. The van der Waals surface area contributed by atoms with Crippen LogP contribution in [0.5, 0.6) is 5.75 Å². The third-order valence-corrected chi connectivity index (χ3v) is 3.37. The summed E-state index contributed by atoms with van der Waals surface area (Å²) in [7, 11) is 0. The Balaban J connectivity index is 2.34. The van der Waals surface area contributed by atoms with Crippen LogP contribution in [0.25, 0.3) is 0 Å². The molecule has 0 aliphatic carbocycles. The zero-order valence-electron chi connectivity index (χ0n) is 11.9. The molecule has 0 spiro atoms. The monoisotopic (exact) mass is 323 g/mol. The lowest BCUT2D eigenvalue weighted by atomic mass is 9.87. The minimum atomic E-state index is -1.64. The second-order valence-electron chi connectivity index (χ2n) is 5.09. The number of hydrogen-bond donors (Lipinski definition) is 1. The van der Waals surface area contributed by atoms with Gasteiger partial charge in [-0.2, -0.15) is 5.10 Å². The highest BCUT2D eigenvalue weighted by Crippen LogP contribution is 2.27. The molecule has 0 fully saturated rings. The molecule has 0 aliphatic rings. The Bertz CT molecular complexity index is 668. The molecule has 0 saturated carbocycles. The third kappa shape index (κ3) is 3.25. The van der Waals surface area contributed by atoms with Gasteiger partial charge in [-0.05, 0) is 38.1 Å². The number of ketones is 1. The zero-order chi connectivity index (χ0) is 16.3. The van der Waals surface area contributed by atoms with Crippen LogP contribution in [-0.2, 0) is 9.59 Å². The Morgan fingerprint density at radius 3 is 2.45 bits per heavy atom. The van der Waals surface area contributed by atoms with Crippen molar-refractivity contribution in [3.63, 3.8) is 0 Å². The van der Waals surface area contributed by atoms with Gasteiger partial charge in [-0.15, -0.1) is 0 Å². The molecular weight excluding hydrogens is 310 g/mol. The van der Waals surface area contributed by atoms with Crippen molar-refractivity contribution in [2.24, 2.45) is 5.41 Å². The van der Waals surface area contributed by atoms with Gasteiger partial charge in [-0.25, -0.2) is 9.67 Å². The van der Waals surface area contributed by atoms with E-state index in [9.17, 15) is 14.7 Å². The average molecular weight is 324 g/mol. The van der Waals surface area contributed by atoms with Gasteiger partial charge in [0.2, 0.25) is 5.78 Å². The Kier molecular flexibility index (Phi) is 4.46. The summed E-state index contributed by atoms with van der Waals surface area (Å²) in [6, 6.07) is 6.35. The number of hydrogen-bond acceptors (Lipinski definition) is 5. The smallest absolute Gasteiger partial charge is 0.316 e. The molecule has 8 heteroatoms. The van der Waals surface area contributed by atoms with Gasteiger partial charge in [0.25, 0.3) is 6.23 Å². The van der Waals surface area contributed by atoms with Crippen molar-refractivity contribution < 1.29 is 19.4 Å². The number of halogens is 1. The molecule has 1 heterocycles. The molecule has 0 bridgehead atoms. The van der Waals surface area contributed by atoms with E-state index in [1.165, 1.54) is 31.2 Å². The minimum Gasteiger partial charge on any atom is -0.481 e. The predicted octanol–water partition coefficient (Wildman–Crippen LogP) is 2.19. The predicted molar refractivity (Wildman–Crippen MR) is 77.6 cm³/mol. The Labute approximate surface area is 131 Å². The van der Waals surface area contributed by atoms with E-state index in [0.29, 0.717) is 10.8 Å². The number of carbonyl (C=O) groups excluding carboxylic acids is 1. The normalized spacial score (nSPS) is 12.7. The van der Waals surface area contributed by atoms with E-state index < -0.39 is 23.4 Å². The van der Waals surface area contributed by atoms with Gasteiger partial charge < -0.3 is 9.84 Å². The third-order valence-electron chi connectivity index (χ3n) is 3.11. The van der Waals surface area contributed by atoms with Crippen molar-refractivity contribution in [1.82, 2.24) is 14.8 Å². The summed E-state index contributed by atoms with van der Waals surface area (Å²) >= 11 is 5.80. The van der Waals surface area contributed by atoms with Crippen molar-refractivity contribution in [3.8, 4) is 5.75 Å². The van der Waals surface area contributed by atoms with Gasteiger partial charge in [0.1, 0.15) is 23.8 Å². The molecule has 0 amide bonds. The molecule has 2 aromatic rings. The zero-order valence-corrected chi connectivity index (χ0v) is 12.7. The minimum absolute atomic E-state index is 0.361. The van der Waals surface area contributed by atoms with Gasteiger partial charge in [-0.1, -0.05) is 11.6 Å². The van der Waals surface area contributed by atoms with Crippen molar-refractivity contribution in [2.75, 3.05) is 0 Å². The maximum absolute atomic E-state index is 12.6. The SMILES string of the molecule is CC(C)(C(=O)O)C(=O)C(Oc1ccc(Cl)cc1)n1cncn1. The van der Waals surface area contributed by atoms with Crippen LogP contribution in [0.15, 0.2) is 36.9 Å². The summed E-state index contributed by atoms with van der Waals surface area (Å²) in [5.41, 5.74) is -1.64. The molecular formula is C14H14ClN3O4. The van der Waals surface area contributed by atoms with E-state index in [-0.39, 0.29) is 0 Å². The largest absolute Gasteiger partial charge is 0.481 e. The molecule has 1 aromatic carbocycles. The Morgan fingerprint density at radius 2 is 1.95 bits per heavy atom. The number of aliphatic carboxylic acids is 1. The van der Waals surface area contributed by atoms with Crippen molar-refractivity contribution >= 4 is 23.4 Å². The first kappa shape index (κ1) is 16.0. The highest BCUT2D eigenvalue weighted by Gasteiger charge is 2.42. The molecule has 0 aliphatic heterocycles. The molecule has 2 rings (SSSR count). The van der Waals surface area contributed by atoms with Crippen LogP contribution in [0.4, 0.5) is 0 Å². The number of ether oxygens (including phenoxy) is 1. The first-order valence-corrected chi connectivity index (χ1v) is 6.74.